The lowest BCUT2D eigenvalue weighted by Crippen LogP contribution is -2.52. The van der Waals surface area contributed by atoms with Crippen molar-refractivity contribution in [3.63, 3.8) is 0 Å². The monoisotopic (exact) mass is 582 g/mol. The van der Waals surface area contributed by atoms with E-state index in [4.69, 9.17) is 27.9 Å². The summed E-state index contributed by atoms with van der Waals surface area (Å²) in [4.78, 5) is 28.3. The van der Waals surface area contributed by atoms with Crippen molar-refractivity contribution in [2.45, 2.75) is 77.4 Å². The van der Waals surface area contributed by atoms with Gasteiger partial charge in [0.2, 0.25) is 5.91 Å². The van der Waals surface area contributed by atoms with Gasteiger partial charge in [-0.2, -0.15) is 0 Å². The predicted molar refractivity (Wildman–Crippen MR) is 145 cm³/mol. The van der Waals surface area contributed by atoms with Gasteiger partial charge in [-0.25, -0.2) is 0 Å². The van der Waals surface area contributed by atoms with Crippen molar-refractivity contribution < 1.29 is 14.3 Å². The molecule has 3 rings (SSSR count). The molecule has 35 heavy (non-hydrogen) atoms. The van der Waals surface area contributed by atoms with Crippen molar-refractivity contribution in [3.05, 3.63) is 62.0 Å². The van der Waals surface area contributed by atoms with Crippen LogP contribution in [0.3, 0.4) is 0 Å². The molecule has 0 bridgehead atoms. The number of carbonyl (C=O) groups excluding carboxylic acids is 2. The van der Waals surface area contributed by atoms with Crippen LogP contribution >= 0.6 is 39.1 Å². The SMILES string of the molecule is CC[C@H](C(=O)NC1CCCC1)N(Cc1c(Cl)cccc1Cl)C(=O)COc1ccc(C(C)C)cc1Br. The van der Waals surface area contributed by atoms with E-state index in [1.54, 1.807) is 18.2 Å². The van der Waals surface area contributed by atoms with E-state index in [1.165, 1.54) is 10.5 Å². The first-order chi connectivity index (χ1) is 16.7. The van der Waals surface area contributed by atoms with E-state index >= 15 is 0 Å². The molecule has 0 spiro atoms. The quantitative estimate of drug-likeness (QED) is 0.324. The van der Waals surface area contributed by atoms with E-state index in [1.807, 2.05) is 25.1 Å². The molecular formula is C27H33BrCl2N2O3. The first-order valence-corrected chi connectivity index (χ1v) is 13.7. The summed E-state index contributed by atoms with van der Waals surface area (Å²) in [7, 11) is 0. The maximum absolute atomic E-state index is 13.5. The van der Waals surface area contributed by atoms with Gasteiger partial charge in [-0.05, 0) is 70.9 Å². The van der Waals surface area contributed by atoms with Gasteiger partial charge in [-0.3, -0.25) is 9.59 Å². The summed E-state index contributed by atoms with van der Waals surface area (Å²) < 4.78 is 6.67. The number of benzene rings is 2. The highest BCUT2D eigenvalue weighted by molar-refractivity contribution is 9.10. The van der Waals surface area contributed by atoms with Crippen LogP contribution in [0, 0.1) is 0 Å². The number of nitrogens with zero attached hydrogens (tertiary/aromatic N) is 1. The maximum Gasteiger partial charge on any atom is 0.261 e. The zero-order valence-electron chi connectivity index (χ0n) is 20.5. The molecule has 1 saturated carbocycles. The molecule has 5 nitrogen and oxygen atoms in total. The first-order valence-electron chi connectivity index (χ1n) is 12.2. The second-order valence-electron chi connectivity index (χ2n) is 9.27. The second kappa shape index (κ2) is 13.0. The summed E-state index contributed by atoms with van der Waals surface area (Å²) in [5.41, 5.74) is 1.78. The molecule has 0 saturated heterocycles. The lowest BCUT2D eigenvalue weighted by molar-refractivity contribution is -0.143. The van der Waals surface area contributed by atoms with Crippen molar-refractivity contribution in [1.82, 2.24) is 10.2 Å². The topological polar surface area (TPSA) is 58.6 Å². The van der Waals surface area contributed by atoms with Gasteiger partial charge in [-0.1, -0.05) is 68.9 Å². The predicted octanol–water partition coefficient (Wildman–Crippen LogP) is 7.12. The van der Waals surface area contributed by atoms with Gasteiger partial charge in [0.25, 0.3) is 5.91 Å². The van der Waals surface area contributed by atoms with E-state index in [0.29, 0.717) is 33.7 Å². The summed E-state index contributed by atoms with van der Waals surface area (Å²) in [6.45, 7) is 6.03. The van der Waals surface area contributed by atoms with E-state index in [9.17, 15) is 9.59 Å². The summed E-state index contributed by atoms with van der Waals surface area (Å²) in [5, 5.41) is 4.04. The average molecular weight is 584 g/mol. The normalized spacial score (nSPS) is 14.7. The minimum absolute atomic E-state index is 0.116. The Bertz CT molecular complexity index is 1020. The van der Waals surface area contributed by atoms with Crippen LogP contribution in [0.2, 0.25) is 10.0 Å². The Balaban J connectivity index is 1.82. The Kier molecular flexibility index (Phi) is 10.3. The van der Waals surface area contributed by atoms with E-state index < -0.39 is 6.04 Å². The van der Waals surface area contributed by atoms with Gasteiger partial charge in [0, 0.05) is 28.2 Å². The van der Waals surface area contributed by atoms with Crippen LogP contribution in [-0.4, -0.2) is 35.4 Å². The summed E-state index contributed by atoms with van der Waals surface area (Å²) in [6, 6.07) is 10.5. The summed E-state index contributed by atoms with van der Waals surface area (Å²) >= 11 is 16.4. The number of hydrogen-bond donors (Lipinski definition) is 1. The third-order valence-corrected chi connectivity index (χ3v) is 7.78. The number of carbonyl (C=O) groups is 2. The van der Waals surface area contributed by atoms with Gasteiger partial charge in [0.1, 0.15) is 11.8 Å². The van der Waals surface area contributed by atoms with Crippen LogP contribution in [0.25, 0.3) is 0 Å². The van der Waals surface area contributed by atoms with Crippen molar-refractivity contribution in [2.75, 3.05) is 6.61 Å². The number of halogens is 3. The van der Waals surface area contributed by atoms with Gasteiger partial charge >= 0.3 is 0 Å². The zero-order chi connectivity index (χ0) is 25.5. The van der Waals surface area contributed by atoms with Crippen LogP contribution < -0.4 is 10.1 Å². The molecule has 1 N–H and O–H groups in total. The molecule has 190 valence electrons. The van der Waals surface area contributed by atoms with Gasteiger partial charge in [-0.15, -0.1) is 0 Å². The molecule has 0 aliphatic heterocycles. The molecule has 0 heterocycles. The highest BCUT2D eigenvalue weighted by atomic mass is 79.9. The summed E-state index contributed by atoms with van der Waals surface area (Å²) in [5.74, 6) is 0.483. The largest absolute Gasteiger partial charge is 0.483 e. The minimum Gasteiger partial charge on any atom is -0.483 e. The molecule has 0 unspecified atom stereocenters. The number of amides is 2. The highest BCUT2D eigenvalue weighted by Crippen LogP contribution is 2.30. The lowest BCUT2D eigenvalue weighted by atomic mass is 10.0. The molecule has 8 heteroatoms. The standard InChI is InChI=1S/C27H33BrCl2N2O3/c1-4-24(27(34)31-19-8-5-6-9-19)32(15-20-22(29)10-7-11-23(20)30)26(33)16-35-25-13-12-18(17(2)3)14-21(25)28/h7,10-14,17,19,24H,4-6,8-9,15-16H2,1-3H3,(H,31,34)/t24-/m1/s1. The van der Waals surface area contributed by atoms with Crippen molar-refractivity contribution in [3.8, 4) is 5.75 Å². The molecule has 0 radical (unpaired) electrons. The van der Waals surface area contributed by atoms with Gasteiger partial charge in [0.15, 0.2) is 6.61 Å². The highest BCUT2D eigenvalue weighted by Gasteiger charge is 2.31. The van der Waals surface area contributed by atoms with Crippen LogP contribution in [0.4, 0.5) is 0 Å². The molecule has 0 aromatic heterocycles. The number of hydrogen-bond acceptors (Lipinski definition) is 3. The van der Waals surface area contributed by atoms with E-state index in [0.717, 1.165) is 30.2 Å². The minimum atomic E-state index is -0.661. The van der Waals surface area contributed by atoms with Crippen molar-refractivity contribution >= 4 is 50.9 Å². The Morgan fingerprint density at radius 2 is 1.80 bits per heavy atom. The molecular weight excluding hydrogens is 551 g/mol. The molecule has 1 atom stereocenters. The van der Waals surface area contributed by atoms with Crippen LogP contribution in [-0.2, 0) is 16.1 Å². The fraction of sp³-hybridized carbons (Fsp3) is 0.481. The average Bonchev–Trinajstić information content (AvgIpc) is 3.32. The third kappa shape index (κ3) is 7.37. The van der Waals surface area contributed by atoms with E-state index in [2.05, 4.69) is 35.1 Å². The second-order valence-corrected chi connectivity index (χ2v) is 10.9. The van der Waals surface area contributed by atoms with Crippen molar-refractivity contribution in [1.29, 1.82) is 0 Å². The Morgan fingerprint density at radius 3 is 2.37 bits per heavy atom. The molecule has 2 amide bonds. The Morgan fingerprint density at radius 1 is 1.14 bits per heavy atom. The number of ether oxygens (including phenoxy) is 1. The van der Waals surface area contributed by atoms with Gasteiger partial charge in [0.05, 0.1) is 4.47 Å². The molecule has 1 aliphatic rings. The number of nitrogens with one attached hydrogen (secondary N) is 1. The van der Waals surface area contributed by atoms with Gasteiger partial charge < -0.3 is 15.0 Å². The van der Waals surface area contributed by atoms with Crippen LogP contribution in [0.5, 0.6) is 5.75 Å². The zero-order valence-corrected chi connectivity index (χ0v) is 23.5. The van der Waals surface area contributed by atoms with Crippen LogP contribution in [0.15, 0.2) is 40.9 Å². The lowest BCUT2D eigenvalue weighted by Gasteiger charge is -2.32. The van der Waals surface area contributed by atoms with Crippen molar-refractivity contribution in [2.24, 2.45) is 0 Å². The molecule has 1 fully saturated rings. The first kappa shape index (κ1) is 27.8. The fourth-order valence-corrected chi connectivity index (χ4v) is 5.38. The molecule has 2 aromatic rings. The maximum atomic E-state index is 13.5. The summed E-state index contributed by atoms with van der Waals surface area (Å²) in [6.07, 6.45) is 4.61. The Hall–Kier alpha value is -1.76. The number of rotatable bonds is 10. The fourth-order valence-electron chi connectivity index (χ4n) is 4.36. The van der Waals surface area contributed by atoms with E-state index in [-0.39, 0.29) is 31.0 Å². The Labute approximate surface area is 226 Å². The smallest absolute Gasteiger partial charge is 0.261 e. The third-order valence-electron chi connectivity index (χ3n) is 6.45. The molecule has 2 aromatic carbocycles. The van der Waals surface area contributed by atoms with Crippen LogP contribution in [0.1, 0.15) is 69.9 Å². The molecule has 1 aliphatic carbocycles.